The molecular formula is C30H29Cl3NO2-. The Hall–Kier alpha value is -2.37. The molecule has 4 rings (SSSR count). The van der Waals surface area contributed by atoms with Crippen LogP contribution in [0.3, 0.4) is 0 Å². The quantitative estimate of drug-likeness (QED) is 0.309. The Morgan fingerprint density at radius 2 is 1.06 bits per heavy atom. The first-order valence-electron chi connectivity index (χ1n) is 11.7. The summed E-state index contributed by atoms with van der Waals surface area (Å²) in [4.78, 5) is 2.25. The van der Waals surface area contributed by atoms with Crippen molar-refractivity contribution in [1.82, 2.24) is 4.90 Å². The number of benzene rings is 4. The second-order valence-corrected chi connectivity index (χ2v) is 9.48. The topological polar surface area (TPSA) is 32.7 Å². The van der Waals surface area contributed by atoms with Crippen molar-refractivity contribution < 1.29 is 22.3 Å². The number of halogens is 3. The number of rotatable bonds is 11. The molecule has 0 aliphatic heterocycles. The highest BCUT2D eigenvalue weighted by atomic mass is 35.5. The van der Waals surface area contributed by atoms with E-state index in [-0.39, 0.29) is 25.1 Å². The minimum atomic E-state index is -0.662. The van der Waals surface area contributed by atoms with Crippen molar-refractivity contribution >= 4 is 23.2 Å². The fourth-order valence-corrected chi connectivity index (χ4v) is 4.34. The number of ether oxygens (including phenoxy) is 1. The van der Waals surface area contributed by atoms with Crippen LogP contribution >= 0.6 is 23.2 Å². The molecule has 4 aromatic rings. The third-order valence-electron chi connectivity index (χ3n) is 5.77. The molecule has 0 radical (unpaired) electrons. The number of nitrogens with zero attached hydrogens (tertiary/aromatic N) is 1. The van der Waals surface area contributed by atoms with Gasteiger partial charge in [-0.2, -0.15) is 0 Å². The molecule has 36 heavy (non-hydrogen) atoms. The molecule has 0 amide bonds. The Morgan fingerprint density at radius 1 is 0.639 bits per heavy atom. The summed E-state index contributed by atoms with van der Waals surface area (Å²) in [5.41, 5.74) is 4.34. The molecule has 1 atom stereocenters. The summed E-state index contributed by atoms with van der Waals surface area (Å²) in [5, 5.41) is 12.3. The van der Waals surface area contributed by atoms with Gasteiger partial charge in [0.1, 0.15) is 6.10 Å². The van der Waals surface area contributed by atoms with Gasteiger partial charge in [0.15, 0.2) is 0 Å². The van der Waals surface area contributed by atoms with Gasteiger partial charge >= 0.3 is 0 Å². The van der Waals surface area contributed by atoms with Gasteiger partial charge in [0.05, 0.1) is 12.7 Å². The first kappa shape index (κ1) is 28.2. The van der Waals surface area contributed by atoms with E-state index in [1.807, 2.05) is 84.9 Å². The summed E-state index contributed by atoms with van der Waals surface area (Å²) in [6, 6.07) is 35.8. The molecule has 0 saturated heterocycles. The van der Waals surface area contributed by atoms with E-state index in [1.165, 1.54) is 11.1 Å². The third kappa shape index (κ3) is 8.63. The minimum absolute atomic E-state index is 0. The van der Waals surface area contributed by atoms with Crippen LogP contribution in [0, 0.1) is 0 Å². The maximum absolute atomic E-state index is 11.0. The van der Waals surface area contributed by atoms with Crippen LogP contribution in [0.5, 0.6) is 0 Å². The second-order valence-electron chi connectivity index (χ2n) is 8.61. The minimum Gasteiger partial charge on any atom is -1.00 e. The van der Waals surface area contributed by atoms with Crippen LogP contribution in [0.15, 0.2) is 109 Å². The SMILES string of the molecule is OC(COC(c1ccc(Cl)cc1)c1ccc(Cl)cc1)CN(Cc1ccccc1)Cc1ccccc1.[Cl-]. The second kappa shape index (κ2) is 14.4. The van der Waals surface area contributed by atoms with Crippen molar-refractivity contribution in [3.63, 3.8) is 0 Å². The van der Waals surface area contributed by atoms with Crippen LogP contribution < -0.4 is 12.4 Å². The predicted octanol–water partition coefficient (Wildman–Crippen LogP) is 4.17. The zero-order chi connectivity index (χ0) is 24.5. The first-order chi connectivity index (χ1) is 17.1. The normalized spacial score (nSPS) is 11.9. The van der Waals surface area contributed by atoms with E-state index < -0.39 is 6.10 Å². The van der Waals surface area contributed by atoms with E-state index >= 15 is 0 Å². The van der Waals surface area contributed by atoms with Crippen LogP contribution in [0.4, 0.5) is 0 Å². The number of aliphatic hydroxyl groups is 1. The van der Waals surface area contributed by atoms with Crippen LogP contribution in [0.1, 0.15) is 28.4 Å². The van der Waals surface area contributed by atoms with Gasteiger partial charge in [-0.1, -0.05) is 108 Å². The van der Waals surface area contributed by atoms with Crippen molar-refractivity contribution in [3.8, 4) is 0 Å². The Morgan fingerprint density at radius 3 is 1.47 bits per heavy atom. The fourth-order valence-electron chi connectivity index (χ4n) is 4.09. The van der Waals surface area contributed by atoms with E-state index in [4.69, 9.17) is 27.9 Å². The van der Waals surface area contributed by atoms with E-state index in [2.05, 4.69) is 29.2 Å². The lowest BCUT2D eigenvalue weighted by Crippen LogP contribution is -3.00. The summed E-state index contributed by atoms with van der Waals surface area (Å²) in [6.07, 6.45) is -1.000. The number of aliphatic hydroxyl groups excluding tert-OH is 1. The standard InChI is InChI=1S/C30H29Cl2NO2.ClH/c31-27-15-11-25(12-16-27)30(26-13-17-28(32)18-14-26)35-22-29(34)21-33(19-23-7-3-1-4-8-23)20-24-9-5-2-6-10-24;/h1-18,29-30,34H,19-22H2;1H/p-1. The van der Waals surface area contributed by atoms with Gasteiger partial charge in [-0.25, -0.2) is 0 Å². The van der Waals surface area contributed by atoms with Gasteiger partial charge in [-0.3, -0.25) is 4.90 Å². The predicted molar refractivity (Wildman–Crippen MR) is 144 cm³/mol. The van der Waals surface area contributed by atoms with E-state index in [0.717, 1.165) is 24.2 Å². The van der Waals surface area contributed by atoms with E-state index in [0.29, 0.717) is 16.6 Å². The maximum Gasteiger partial charge on any atom is 0.108 e. The van der Waals surface area contributed by atoms with Gasteiger partial charge in [-0.05, 0) is 46.5 Å². The molecule has 0 spiro atoms. The first-order valence-corrected chi connectivity index (χ1v) is 12.4. The molecule has 1 N–H and O–H groups in total. The van der Waals surface area contributed by atoms with Crippen molar-refractivity contribution in [3.05, 3.63) is 141 Å². The Labute approximate surface area is 229 Å². The highest BCUT2D eigenvalue weighted by Crippen LogP contribution is 2.28. The van der Waals surface area contributed by atoms with Crippen molar-refractivity contribution in [1.29, 1.82) is 0 Å². The maximum atomic E-state index is 11.0. The molecule has 188 valence electrons. The van der Waals surface area contributed by atoms with E-state index in [9.17, 15) is 5.11 Å². The Bertz CT molecular complexity index is 1070. The van der Waals surface area contributed by atoms with Gasteiger partial charge in [-0.15, -0.1) is 0 Å². The fraction of sp³-hybridized carbons (Fsp3) is 0.200. The summed E-state index contributed by atoms with van der Waals surface area (Å²) in [6.45, 7) is 2.16. The largest absolute Gasteiger partial charge is 1.00 e. The highest BCUT2D eigenvalue weighted by molar-refractivity contribution is 6.30. The summed E-state index contributed by atoms with van der Waals surface area (Å²) in [5.74, 6) is 0. The molecule has 0 fully saturated rings. The van der Waals surface area contributed by atoms with Crippen molar-refractivity contribution in [2.45, 2.75) is 25.3 Å². The molecule has 1 unspecified atom stereocenters. The molecule has 0 aliphatic rings. The van der Waals surface area contributed by atoms with Crippen LogP contribution in [-0.2, 0) is 17.8 Å². The van der Waals surface area contributed by atoms with E-state index in [1.54, 1.807) is 0 Å². The lowest BCUT2D eigenvalue weighted by molar-refractivity contribution is -0.0106. The van der Waals surface area contributed by atoms with Crippen molar-refractivity contribution in [2.75, 3.05) is 13.2 Å². The van der Waals surface area contributed by atoms with Crippen LogP contribution in [0.25, 0.3) is 0 Å². The Balaban J connectivity index is 0.00000361. The Kier molecular flexibility index (Phi) is 11.3. The summed E-state index contributed by atoms with van der Waals surface area (Å²) in [7, 11) is 0. The number of hydrogen-bond donors (Lipinski definition) is 1. The molecule has 0 saturated carbocycles. The average Bonchev–Trinajstić information content (AvgIpc) is 2.87. The lowest BCUT2D eigenvalue weighted by atomic mass is 10.0. The molecule has 0 aromatic heterocycles. The van der Waals surface area contributed by atoms with Gasteiger partial charge in [0.25, 0.3) is 0 Å². The molecule has 6 heteroatoms. The molecule has 3 nitrogen and oxygen atoms in total. The molecular weight excluding hydrogens is 513 g/mol. The summed E-state index contributed by atoms with van der Waals surface area (Å²) >= 11 is 12.2. The van der Waals surface area contributed by atoms with Crippen molar-refractivity contribution in [2.24, 2.45) is 0 Å². The lowest BCUT2D eigenvalue weighted by Gasteiger charge is -2.27. The average molecular weight is 542 g/mol. The molecule has 0 heterocycles. The summed E-state index contributed by atoms with van der Waals surface area (Å²) < 4.78 is 6.29. The van der Waals surface area contributed by atoms with Gasteiger partial charge < -0.3 is 22.3 Å². The van der Waals surface area contributed by atoms with Crippen LogP contribution in [0.2, 0.25) is 10.0 Å². The molecule has 0 bridgehead atoms. The molecule has 4 aromatic carbocycles. The van der Waals surface area contributed by atoms with Gasteiger partial charge in [0.2, 0.25) is 0 Å². The monoisotopic (exact) mass is 540 g/mol. The zero-order valence-corrected chi connectivity index (χ0v) is 22.1. The smallest absolute Gasteiger partial charge is 0.108 e. The zero-order valence-electron chi connectivity index (χ0n) is 19.8. The number of hydrogen-bond acceptors (Lipinski definition) is 3. The highest BCUT2D eigenvalue weighted by Gasteiger charge is 2.19. The van der Waals surface area contributed by atoms with Crippen LogP contribution in [-0.4, -0.2) is 29.3 Å². The third-order valence-corrected chi connectivity index (χ3v) is 6.27. The molecule has 0 aliphatic carbocycles. The van der Waals surface area contributed by atoms with Gasteiger partial charge in [0, 0.05) is 29.7 Å².